The Kier molecular flexibility index (Phi) is 34.0. The summed E-state index contributed by atoms with van der Waals surface area (Å²) >= 11 is 61.4. The molecular weight excluding hydrogens is 1760 g/mol. The Labute approximate surface area is 770 Å². The van der Waals surface area contributed by atoms with Gasteiger partial charge in [0.25, 0.3) is 0 Å². The van der Waals surface area contributed by atoms with Crippen molar-refractivity contribution in [3.63, 3.8) is 0 Å². The molecule has 3 saturated carbocycles. The van der Waals surface area contributed by atoms with Crippen LogP contribution in [0.25, 0.3) is 67.5 Å². The van der Waals surface area contributed by atoms with Crippen LogP contribution >= 0.6 is 116 Å². The fourth-order valence-corrected chi connectivity index (χ4v) is 14.7. The maximum atomic E-state index is 6.27. The van der Waals surface area contributed by atoms with Gasteiger partial charge in [0.1, 0.15) is 23.3 Å². The molecule has 32 heteroatoms. The molecule has 0 unspecified atom stereocenters. The van der Waals surface area contributed by atoms with Gasteiger partial charge in [-0.05, 0) is 173 Å². The van der Waals surface area contributed by atoms with Crippen LogP contribution in [-0.2, 0) is 12.8 Å². The number of hydrogen-bond donors (Lipinski definition) is 10. The van der Waals surface area contributed by atoms with Crippen molar-refractivity contribution in [1.82, 2.24) is 59.8 Å². The third-order valence-electron chi connectivity index (χ3n) is 19.8. The van der Waals surface area contributed by atoms with Crippen molar-refractivity contribution in [2.75, 3.05) is 75.3 Å². The lowest BCUT2D eigenvalue weighted by atomic mass is 9.97. The Morgan fingerprint density at radius 3 is 0.902 bits per heavy atom. The van der Waals surface area contributed by atoms with E-state index in [0.717, 1.165) is 124 Å². The van der Waals surface area contributed by atoms with Gasteiger partial charge in [-0.3, -0.25) is 0 Å². The van der Waals surface area contributed by atoms with E-state index >= 15 is 0 Å². The lowest BCUT2D eigenvalue weighted by molar-refractivity contribution is 0.442. The number of nitrogen functional groups attached to an aromatic ring is 6. The molecule has 0 saturated heterocycles. The summed E-state index contributed by atoms with van der Waals surface area (Å²) in [4.78, 5) is 51.1. The normalized spacial score (nSPS) is 13.4. The van der Waals surface area contributed by atoms with Crippen LogP contribution in [0.5, 0.6) is 0 Å². The van der Waals surface area contributed by atoms with Crippen molar-refractivity contribution in [3.05, 3.63) is 218 Å². The third kappa shape index (κ3) is 29.4. The second kappa shape index (κ2) is 43.5. The zero-order chi connectivity index (χ0) is 89.3. The number of nitrogens with one attached hydrogen (secondary N) is 4. The molecule has 22 nitrogen and oxygen atoms in total. The SMILES string of the molecule is CC(C)(C)CNc1cc(-c2cccc(Cl)c2Cl)nc(N)n1.CC(C)Nc1cc(-c2cccc(Cl)c2Cl)nc(N)n1.C[C@@H](Cc1cc(-c2cccc(Cl)c2Cl)nc(N)n1)C1CC1.C[C@H](Cc1cc(-c2cccc(Cl)c2Cl)nc(N)n1)C1CC1.Cc1cccc(-c2cc(NCC(C)(C)C)nc(N)n2)c1C.Nc1nc(NCC2CC2)cc(-c2cccc(Cl)c2Cl)n1. The lowest BCUT2D eigenvalue weighted by Gasteiger charge is -2.19. The molecule has 6 aromatic carbocycles. The maximum absolute atomic E-state index is 6.27. The van der Waals surface area contributed by atoms with E-state index in [9.17, 15) is 0 Å². The molecule has 0 bridgehead atoms. The summed E-state index contributed by atoms with van der Waals surface area (Å²) < 4.78 is 0. The van der Waals surface area contributed by atoms with Gasteiger partial charge in [0.2, 0.25) is 35.7 Å². The summed E-state index contributed by atoms with van der Waals surface area (Å²) in [5.74, 6) is 7.95. The minimum absolute atomic E-state index is 0.133. The average Bonchev–Trinajstić information content (AvgIpc) is 1.79. The molecule has 123 heavy (non-hydrogen) atoms. The van der Waals surface area contributed by atoms with Crippen LogP contribution < -0.4 is 55.7 Å². The molecule has 3 fully saturated rings. The van der Waals surface area contributed by atoms with Crippen LogP contribution in [0.4, 0.5) is 59.0 Å². The molecule has 15 rings (SSSR count). The van der Waals surface area contributed by atoms with Gasteiger partial charge in [-0.1, -0.05) is 250 Å². The van der Waals surface area contributed by atoms with Crippen LogP contribution in [0.3, 0.4) is 0 Å². The maximum Gasteiger partial charge on any atom is 0.222 e. The number of aryl methyl sites for hydroxylation is 1. The summed E-state index contributed by atoms with van der Waals surface area (Å²) in [6.07, 6.45) is 9.71. The van der Waals surface area contributed by atoms with Gasteiger partial charge in [-0.25, -0.2) is 39.9 Å². The van der Waals surface area contributed by atoms with Crippen LogP contribution in [0, 0.1) is 54.3 Å². The molecule has 16 N–H and O–H groups in total. The zero-order valence-electron chi connectivity index (χ0n) is 70.7. The highest BCUT2D eigenvalue weighted by molar-refractivity contribution is 6.46. The van der Waals surface area contributed by atoms with E-state index in [1.54, 1.807) is 36.4 Å². The van der Waals surface area contributed by atoms with E-state index in [4.69, 9.17) is 150 Å². The van der Waals surface area contributed by atoms with Crippen LogP contribution in [0.2, 0.25) is 50.2 Å². The number of nitrogens with zero attached hydrogens (tertiary/aromatic N) is 12. The van der Waals surface area contributed by atoms with Gasteiger partial charge in [0, 0.05) is 94.7 Å². The van der Waals surface area contributed by atoms with Crippen LogP contribution in [0.15, 0.2) is 146 Å². The zero-order valence-corrected chi connectivity index (χ0v) is 78.3. The number of benzene rings is 6. The van der Waals surface area contributed by atoms with Gasteiger partial charge in [0.15, 0.2) is 0 Å². The van der Waals surface area contributed by atoms with E-state index < -0.39 is 0 Å². The van der Waals surface area contributed by atoms with Crippen molar-refractivity contribution < 1.29 is 0 Å². The highest BCUT2D eigenvalue weighted by Gasteiger charge is 2.30. The Morgan fingerprint density at radius 2 is 0.602 bits per heavy atom. The molecule has 3 aliphatic rings. The summed E-state index contributed by atoms with van der Waals surface area (Å²) in [7, 11) is 0. The van der Waals surface area contributed by atoms with E-state index in [1.165, 1.54) is 49.7 Å². The van der Waals surface area contributed by atoms with Crippen molar-refractivity contribution in [2.24, 2.45) is 40.4 Å². The summed E-state index contributed by atoms with van der Waals surface area (Å²) in [5.41, 5.74) is 48.7. The molecular formula is C91H104Cl10N22. The Bertz CT molecular complexity index is 5410. The predicted molar refractivity (Wildman–Crippen MR) is 518 cm³/mol. The van der Waals surface area contributed by atoms with Crippen molar-refractivity contribution in [2.45, 2.75) is 140 Å². The molecule has 0 spiro atoms. The number of nitrogens with two attached hydrogens (primary N) is 6. The lowest BCUT2D eigenvalue weighted by Crippen LogP contribution is -2.20. The Hall–Kier alpha value is -9.30. The monoisotopic (exact) mass is 1850 g/mol. The van der Waals surface area contributed by atoms with Gasteiger partial charge < -0.3 is 55.7 Å². The number of halogens is 10. The first-order chi connectivity index (χ1) is 58.2. The predicted octanol–water partition coefficient (Wildman–Crippen LogP) is 25.2. The van der Waals surface area contributed by atoms with Crippen LogP contribution in [-0.4, -0.2) is 85.5 Å². The van der Waals surface area contributed by atoms with E-state index in [1.807, 2.05) is 111 Å². The number of rotatable bonds is 21. The smallest absolute Gasteiger partial charge is 0.222 e. The highest BCUT2D eigenvalue weighted by atomic mass is 35.5. The Morgan fingerprint density at radius 1 is 0.333 bits per heavy atom. The minimum Gasteiger partial charge on any atom is -0.370 e. The average molecular weight is 1860 g/mol. The van der Waals surface area contributed by atoms with Gasteiger partial charge >= 0.3 is 0 Å². The standard InChI is InChI=1S/C17H24N4.2C16H17Cl2N3.C15H18Cl2N4.C14H14Cl2N4.C13H14Cl2N4/c1-11-7-6-8-13(12(11)2)14-9-15(21-16(18)20-14)19-10-17(3,4)5;2*1-9(10-5-6-10)7-11-8-14(21-16(19)20-11)12-3-2-4-13(17)15(12)18;1-15(2,3)8-19-12-7-11(20-14(18)21-12)9-5-4-6-10(16)13(9)17;15-10-3-1-2-9(13(10)16)11-6-12(20-14(17)19-11)18-7-8-4-5-8;1-7(2)17-11-6-10(18-13(16)19-11)8-4-3-5-9(14)12(8)15/h6-9H,10H2,1-5H3,(H3,18,19,20,21);2*2-4,8-10H,5-7H2,1H3,(H2,19,20,21);4-7H,8H2,1-3H3,(H3,18,19,20,21);1-3,6,8H,4-5,7H2,(H3,17,18,19,20);3-7H,1-2H3,(H3,16,17,18,19)/t;2*9-;;;/m.10.../s1. The molecule has 6 aromatic heterocycles. The van der Waals surface area contributed by atoms with Gasteiger partial charge in [-0.15, -0.1) is 0 Å². The van der Waals surface area contributed by atoms with E-state index in [-0.39, 0.29) is 46.6 Å². The van der Waals surface area contributed by atoms with E-state index in [2.05, 4.69) is 162 Å². The largest absolute Gasteiger partial charge is 0.370 e. The first-order valence-corrected chi connectivity index (χ1v) is 44.1. The van der Waals surface area contributed by atoms with Gasteiger partial charge in [-0.2, -0.15) is 19.9 Å². The molecule has 0 amide bonds. The second-order valence-electron chi connectivity index (χ2n) is 33.4. The third-order valence-corrected chi connectivity index (χ3v) is 23.9. The highest BCUT2D eigenvalue weighted by Crippen LogP contribution is 2.43. The molecule has 12 aromatic rings. The van der Waals surface area contributed by atoms with E-state index in [0.29, 0.717) is 96.7 Å². The minimum atomic E-state index is 0.133. The first-order valence-electron chi connectivity index (χ1n) is 40.3. The summed E-state index contributed by atoms with van der Waals surface area (Å²) in [6.45, 7) is 28.2. The number of anilines is 10. The topological polar surface area (TPSA) is 359 Å². The second-order valence-corrected chi connectivity index (χ2v) is 37.4. The fourth-order valence-electron chi connectivity index (χ4n) is 12.7. The molecule has 648 valence electrons. The summed E-state index contributed by atoms with van der Waals surface area (Å²) in [5, 5.41) is 17.9. The molecule has 3 aliphatic carbocycles. The Balaban J connectivity index is 0.000000155. The fraction of sp³-hybridized carbons (Fsp3) is 0.341. The number of aromatic nitrogens is 12. The van der Waals surface area contributed by atoms with Gasteiger partial charge in [0.05, 0.1) is 84.4 Å². The molecule has 0 aliphatic heterocycles. The molecule has 2 atom stereocenters. The molecule has 6 heterocycles. The van der Waals surface area contributed by atoms with Crippen molar-refractivity contribution in [3.8, 4) is 67.5 Å². The number of hydrogen-bond acceptors (Lipinski definition) is 22. The quantitative estimate of drug-likeness (QED) is 0.0319. The first kappa shape index (κ1) is 95.9. The molecule has 0 radical (unpaired) electrons. The van der Waals surface area contributed by atoms with Crippen molar-refractivity contribution >= 4 is 175 Å². The summed E-state index contributed by atoms with van der Waals surface area (Å²) in [6, 6.07) is 45.0. The van der Waals surface area contributed by atoms with Crippen LogP contribution in [0.1, 0.15) is 130 Å². The van der Waals surface area contributed by atoms with Crippen molar-refractivity contribution in [1.29, 1.82) is 0 Å².